The van der Waals surface area contributed by atoms with Crippen LogP contribution in [0.2, 0.25) is 0 Å². The third-order valence-electron chi connectivity index (χ3n) is 4.38. The summed E-state index contributed by atoms with van der Waals surface area (Å²) in [5, 5.41) is 2.53. The molecule has 0 unspecified atom stereocenters. The zero-order valence-electron chi connectivity index (χ0n) is 16.2. The number of carbonyl (C=O) groups is 1. The summed E-state index contributed by atoms with van der Waals surface area (Å²) in [7, 11) is -3.70. The predicted octanol–water partition coefficient (Wildman–Crippen LogP) is 5.27. The summed E-state index contributed by atoms with van der Waals surface area (Å²) in [5.41, 5.74) is 2.44. The zero-order valence-corrected chi connectivity index (χ0v) is 18.6. The molecule has 0 spiro atoms. The van der Waals surface area contributed by atoms with Gasteiger partial charge in [-0.1, -0.05) is 45.8 Å². The lowest BCUT2D eigenvalue weighted by atomic mass is 10.1. The highest BCUT2D eigenvalue weighted by Crippen LogP contribution is 2.20. The van der Waals surface area contributed by atoms with Crippen LogP contribution >= 0.6 is 15.9 Å². The highest BCUT2D eigenvalue weighted by Gasteiger charge is 2.14. The Bertz CT molecular complexity index is 1150. The largest absolute Gasteiger partial charge is 0.324 e. The van der Waals surface area contributed by atoms with Crippen LogP contribution in [0.1, 0.15) is 17.5 Å². The maximum atomic E-state index is 13.8. The Kier molecular flexibility index (Phi) is 6.89. The van der Waals surface area contributed by atoms with Crippen molar-refractivity contribution in [3.63, 3.8) is 0 Å². The fraction of sp³-hybridized carbons (Fsp3) is 0.136. The standard InChI is InChI=1S/C22H20BrFN2O3S/c1-15-2-8-18(9-3-15)26-30(28,29)19-10-4-16(5-11-19)6-13-22(27)25-21-12-7-17(23)14-20(21)24/h2-5,7-12,14,26H,6,13H2,1H3,(H,25,27). The van der Waals surface area contributed by atoms with Gasteiger partial charge in [0.1, 0.15) is 5.82 Å². The minimum atomic E-state index is -3.70. The molecule has 3 aromatic rings. The van der Waals surface area contributed by atoms with Gasteiger partial charge in [0.2, 0.25) is 5.91 Å². The van der Waals surface area contributed by atoms with Crippen molar-refractivity contribution >= 4 is 43.2 Å². The van der Waals surface area contributed by atoms with Crippen LogP contribution in [0, 0.1) is 12.7 Å². The van der Waals surface area contributed by atoms with E-state index in [1.807, 2.05) is 19.1 Å². The van der Waals surface area contributed by atoms with Crippen molar-refractivity contribution in [3.8, 4) is 0 Å². The molecule has 5 nitrogen and oxygen atoms in total. The van der Waals surface area contributed by atoms with E-state index in [0.29, 0.717) is 16.6 Å². The van der Waals surface area contributed by atoms with E-state index in [2.05, 4.69) is 26.0 Å². The highest BCUT2D eigenvalue weighted by molar-refractivity contribution is 9.10. The summed E-state index contributed by atoms with van der Waals surface area (Å²) in [6.45, 7) is 1.92. The van der Waals surface area contributed by atoms with Gasteiger partial charge in [-0.15, -0.1) is 0 Å². The van der Waals surface area contributed by atoms with E-state index in [9.17, 15) is 17.6 Å². The quantitative estimate of drug-likeness (QED) is 0.473. The van der Waals surface area contributed by atoms with Gasteiger partial charge in [0, 0.05) is 16.6 Å². The summed E-state index contributed by atoms with van der Waals surface area (Å²) in [5.74, 6) is -0.845. The number of hydrogen-bond acceptors (Lipinski definition) is 3. The first kappa shape index (κ1) is 22.0. The van der Waals surface area contributed by atoms with Crippen LogP contribution in [0.25, 0.3) is 0 Å². The van der Waals surface area contributed by atoms with E-state index in [1.165, 1.54) is 24.3 Å². The molecule has 0 atom stereocenters. The molecule has 3 aromatic carbocycles. The first-order valence-corrected chi connectivity index (χ1v) is 11.4. The molecule has 30 heavy (non-hydrogen) atoms. The smallest absolute Gasteiger partial charge is 0.261 e. The van der Waals surface area contributed by atoms with Crippen LogP contribution in [0.5, 0.6) is 0 Å². The lowest BCUT2D eigenvalue weighted by molar-refractivity contribution is -0.116. The molecule has 0 bridgehead atoms. The molecular formula is C22H20BrFN2O3S. The second kappa shape index (κ2) is 9.40. The molecule has 0 aromatic heterocycles. The molecule has 0 radical (unpaired) electrons. The van der Waals surface area contributed by atoms with E-state index in [4.69, 9.17) is 0 Å². The number of nitrogens with one attached hydrogen (secondary N) is 2. The fourth-order valence-electron chi connectivity index (χ4n) is 2.73. The van der Waals surface area contributed by atoms with Crippen LogP contribution in [-0.2, 0) is 21.2 Å². The molecule has 0 fully saturated rings. The summed E-state index contributed by atoms with van der Waals surface area (Å²) in [6.07, 6.45) is 0.541. The first-order valence-electron chi connectivity index (χ1n) is 9.16. The number of carbonyl (C=O) groups excluding carboxylic acids is 1. The normalized spacial score (nSPS) is 11.2. The van der Waals surface area contributed by atoms with E-state index in [1.54, 1.807) is 30.3 Å². The second-order valence-electron chi connectivity index (χ2n) is 6.79. The Morgan fingerprint density at radius 1 is 1.00 bits per heavy atom. The van der Waals surface area contributed by atoms with E-state index in [0.717, 1.165) is 11.1 Å². The summed E-state index contributed by atoms with van der Waals surface area (Å²) < 4.78 is 41.9. The Hall–Kier alpha value is -2.71. The zero-order chi connectivity index (χ0) is 21.7. The first-order chi connectivity index (χ1) is 14.2. The third kappa shape index (κ3) is 5.90. The molecular weight excluding hydrogens is 471 g/mol. The van der Waals surface area contributed by atoms with Gasteiger partial charge in [-0.25, -0.2) is 12.8 Å². The molecule has 3 rings (SSSR count). The van der Waals surface area contributed by atoms with Gasteiger partial charge in [-0.2, -0.15) is 0 Å². The lowest BCUT2D eigenvalue weighted by Gasteiger charge is -2.10. The van der Waals surface area contributed by atoms with Crippen molar-refractivity contribution in [3.05, 3.63) is 88.1 Å². The van der Waals surface area contributed by atoms with Gasteiger partial charge in [0.15, 0.2) is 0 Å². The van der Waals surface area contributed by atoms with E-state index >= 15 is 0 Å². The van der Waals surface area contributed by atoms with Crippen molar-refractivity contribution < 1.29 is 17.6 Å². The van der Waals surface area contributed by atoms with Crippen LogP contribution in [-0.4, -0.2) is 14.3 Å². The number of rotatable bonds is 7. The highest BCUT2D eigenvalue weighted by atomic mass is 79.9. The monoisotopic (exact) mass is 490 g/mol. The molecule has 0 saturated carbocycles. The van der Waals surface area contributed by atoms with Crippen molar-refractivity contribution in [2.75, 3.05) is 10.0 Å². The van der Waals surface area contributed by atoms with Crippen molar-refractivity contribution in [1.82, 2.24) is 0 Å². The van der Waals surface area contributed by atoms with E-state index in [-0.39, 0.29) is 22.9 Å². The number of aryl methyl sites for hydroxylation is 2. The number of benzene rings is 3. The predicted molar refractivity (Wildman–Crippen MR) is 119 cm³/mol. The minimum absolute atomic E-state index is 0.117. The molecule has 1 amide bonds. The molecule has 2 N–H and O–H groups in total. The Labute approximate surface area is 183 Å². The Morgan fingerprint density at radius 2 is 1.67 bits per heavy atom. The summed E-state index contributed by atoms with van der Waals surface area (Å²) >= 11 is 3.16. The van der Waals surface area contributed by atoms with Gasteiger partial charge in [0.05, 0.1) is 10.6 Å². The van der Waals surface area contributed by atoms with Gasteiger partial charge in [0.25, 0.3) is 10.0 Å². The number of halogens is 2. The Morgan fingerprint density at radius 3 is 2.30 bits per heavy atom. The molecule has 8 heteroatoms. The molecule has 0 aliphatic carbocycles. The fourth-order valence-corrected chi connectivity index (χ4v) is 4.12. The molecule has 0 saturated heterocycles. The van der Waals surface area contributed by atoms with E-state index < -0.39 is 15.8 Å². The number of sulfonamides is 1. The SMILES string of the molecule is Cc1ccc(NS(=O)(=O)c2ccc(CCC(=O)Nc3ccc(Br)cc3F)cc2)cc1. The summed E-state index contributed by atoms with van der Waals surface area (Å²) in [4.78, 5) is 12.2. The second-order valence-corrected chi connectivity index (χ2v) is 9.39. The minimum Gasteiger partial charge on any atom is -0.324 e. The molecule has 0 aliphatic heterocycles. The number of anilines is 2. The van der Waals surface area contributed by atoms with Crippen LogP contribution < -0.4 is 10.0 Å². The maximum absolute atomic E-state index is 13.8. The van der Waals surface area contributed by atoms with Gasteiger partial charge < -0.3 is 5.32 Å². The molecule has 0 heterocycles. The van der Waals surface area contributed by atoms with Gasteiger partial charge in [-0.3, -0.25) is 9.52 Å². The van der Waals surface area contributed by atoms with Crippen LogP contribution in [0.15, 0.2) is 76.1 Å². The third-order valence-corrected chi connectivity index (χ3v) is 6.27. The van der Waals surface area contributed by atoms with Crippen LogP contribution in [0.3, 0.4) is 0 Å². The van der Waals surface area contributed by atoms with Crippen molar-refractivity contribution in [2.45, 2.75) is 24.7 Å². The average molecular weight is 491 g/mol. The van der Waals surface area contributed by atoms with Gasteiger partial charge >= 0.3 is 0 Å². The molecule has 156 valence electrons. The average Bonchev–Trinajstić information content (AvgIpc) is 2.70. The number of hydrogen-bond donors (Lipinski definition) is 2. The van der Waals surface area contributed by atoms with Crippen LogP contribution in [0.4, 0.5) is 15.8 Å². The Balaban J connectivity index is 1.58. The van der Waals surface area contributed by atoms with Crippen molar-refractivity contribution in [1.29, 1.82) is 0 Å². The van der Waals surface area contributed by atoms with Gasteiger partial charge in [-0.05, 0) is 61.4 Å². The number of amides is 1. The van der Waals surface area contributed by atoms with Crippen molar-refractivity contribution in [2.24, 2.45) is 0 Å². The lowest BCUT2D eigenvalue weighted by Crippen LogP contribution is -2.14. The molecule has 0 aliphatic rings. The summed E-state index contributed by atoms with van der Waals surface area (Å²) in [6, 6.07) is 17.8. The topological polar surface area (TPSA) is 75.3 Å². The maximum Gasteiger partial charge on any atom is 0.261 e.